The molecule has 0 radical (unpaired) electrons. The lowest BCUT2D eigenvalue weighted by Gasteiger charge is -2.42. The van der Waals surface area contributed by atoms with Crippen molar-refractivity contribution in [2.75, 3.05) is 32.8 Å². The highest BCUT2D eigenvalue weighted by molar-refractivity contribution is 5.68. The molecule has 2 fully saturated rings. The van der Waals surface area contributed by atoms with Crippen LogP contribution in [0.4, 0.5) is 0 Å². The Morgan fingerprint density at radius 1 is 1.50 bits per heavy atom. The van der Waals surface area contributed by atoms with Gasteiger partial charge in [0.1, 0.15) is 0 Å². The molecule has 2 aliphatic rings. The molecule has 0 spiro atoms. The highest BCUT2D eigenvalue weighted by Gasteiger charge is 2.38. The smallest absolute Gasteiger partial charge is 0.305 e. The van der Waals surface area contributed by atoms with Crippen molar-refractivity contribution in [2.45, 2.75) is 24.8 Å². The van der Waals surface area contributed by atoms with Crippen molar-refractivity contribution < 1.29 is 14.6 Å². The monoisotopic (exact) mass is 228 g/mol. The Morgan fingerprint density at radius 3 is 2.75 bits per heavy atom. The fraction of sp³-hybridized carbons (Fsp3) is 0.909. The first-order chi connectivity index (χ1) is 7.70. The van der Waals surface area contributed by atoms with Crippen molar-refractivity contribution in [1.82, 2.24) is 10.6 Å². The number of aliphatic carboxylic acids is 1. The van der Waals surface area contributed by atoms with Crippen LogP contribution in [0.25, 0.3) is 0 Å². The first-order valence-electron chi connectivity index (χ1n) is 5.95. The third-order valence-corrected chi connectivity index (χ3v) is 3.21. The summed E-state index contributed by atoms with van der Waals surface area (Å²) in [7, 11) is 0. The number of hydrogen-bond donors (Lipinski definition) is 3. The van der Waals surface area contributed by atoms with Crippen LogP contribution >= 0.6 is 0 Å². The number of rotatable bonds is 8. The first-order valence-corrected chi connectivity index (χ1v) is 5.95. The van der Waals surface area contributed by atoms with Crippen molar-refractivity contribution in [3.8, 4) is 0 Å². The molecule has 1 saturated carbocycles. The van der Waals surface area contributed by atoms with Gasteiger partial charge in [-0.05, 0) is 18.8 Å². The second kappa shape index (κ2) is 5.12. The predicted molar refractivity (Wildman–Crippen MR) is 59.4 cm³/mol. The van der Waals surface area contributed by atoms with E-state index < -0.39 is 5.97 Å². The molecule has 0 unspecified atom stereocenters. The van der Waals surface area contributed by atoms with E-state index in [1.54, 1.807) is 0 Å². The Bertz CT molecular complexity index is 250. The Balaban J connectivity index is 1.56. The van der Waals surface area contributed by atoms with Gasteiger partial charge in [-0.25, -0.2) is 0 Å². The van der Waals surface area contributed by atoms with Gasteiger partial charge in [0.05, 0.1) is 18.6 Å². The van der Waals surface area contributed by atoms with E-state index >= 15 is 0 Å². The standard InChI is InChI=1S/C11H20N2O3/c14-10(15)5-11(7-12-8-11)13-3-4-16-6-9-1-2-9/h9,12-13H,1-8H2,(H,14,15). The van der Waals surface area contributed by atoms with Crippen LogP contribution in [0, 0.1) is 5.92 Å². The quantitative estimate of drug-likeness (QED) is 0.503. The second-order valence-corrected chi connectivity index (χ2v) is 4.90. The Labute approximate surface area is 95.5 Å². The minimum Gasteiger partial charge on any atom is -0.481 e. The molecule has 0 atom stereocenters. The van der Waals surface area contributed by atoms with E-state index in [2.05, 4.69) is 10.6 Å². The molecule has 2 rings (SSSR count). The molecule has 1 aliphatic carbocycles. The number of carbonyl (C=O) groups is 1. The van der Waals surface area contributed by atoms with Gasteiger partial charge in [0.15, 0.2) is 0 Å². The normalized spacial score (nSPS) is 22.8. The Morgan fingerprint density at radius 2 is 2.25 bits per heavy atom. The van der Waals surface area contributed by atoms with Crippen LogP contribution in [0.3, 0.4) is 0 Å². The predicted octanol–water partition coefficient (Wildman–Crippen LogP) is -0.181. The van der Waals surface area contributed by atoms with Gasteiger partial charge in [-0.2, -0.15) is 0 Å². The zero-order valence-electron chi connectivity index (χ0n) is 9.50. The van der Waals surface area contributed by atoms with Crippen molar-refractivity contribution in [1.29, 1.82) is 0 Å². The Kier molecular flexibility index (Phi) is 3.78. The third-order valence-electron chi connectivity index (χ3n) is 3.21. The van der Waals surface area contributed by atoms with Crippen molar-refractivity contribution in [3.63, 3.8) is 0 Å². The zero-order valence-corrected chi connectivity index (χ0v) is 9.50. The Hall–Kier alpha value is -0.650. The van der Waals surface area contributed by atoms with E-state index in [9.17, 15) is 4.79 Å². The fourth-order valence-corrected chi connectivity index (χ4v) is 1.95. The number of ether oxygens (including phenoxy) is 1. The number of carboxylic acid groups (broad SMARTS) is 1. The number of hydrogen-bond acceptors (Lipinski definition) is 4. The first kappa shape index (κ1) is 11.8. The lowest BCUT2D eigenvalue weighted by molar-refractivity contribution is -0.139. The fourth-order valence-electron chi connectivity index (χ4n) is 1.95. The summed E-state index contributed by atoms with van der Waals surface area (Å²) in [6, 6.07) is 0. The van der Waals surface area contributed by atoms with Crippen LogP contribution in [-0.2, 0) is 9.53 Å². The van der Waals surface area contributed by atoms with E-state index in [1.807, 2.05) is 0 Å². The molecule has 5 nitrogen and oxygen atoms in total. The van der Waals surface area contributed by atoms with Crippen molar-refractivity contribution in [2.24, 2.45) is 5.92 Å². The van der Waals surface area contributed by atoms with Crippen LogP contribution in [-0.4, -0.2) is 49.5 Å². The summed E-state index contributed by atoms with van der Waals surface area (Å²) < 4.78 is 5.50. The molecular weight excluding hydrogens is 208 g/mol. The van der Waals surface area contributed by atoms with E-state index in [4.69, 9.17) is 9.84 Å². The molecule has 1 aliphatic heterocycles. The van der Waals surface area contributed by atoms with Crippen LogP contribution < -0.4 is 10.6 Å². The molecule has 0 amide bonds. The number of nitrogens with one attached hydrogen (secondary N) is 2. The minimum atomic E-state index is -0.743. The summed E-state index contributed by atoms with van der Waals surface area (Å²) in [4.78, 5) is 10.7. The maximum atomic E-state index is 10.7. The summed E-state index contributed by atoms with van der Waals surface area (Å²) in [5, 5.41) is 15.2. The summed E-state index contributed by atoms with van der Waals surface area (Å²) in [5.74, 6) is 0.0475. The average Bonchev–Trinajstić information content (AvgIpc) is 2.96. The lowest BCUT2D eigenvalue weighted by atomic mass is 9.88. The molecule has 0 bridgehead atoms. The molecular formula is C11H20N2O3. The van der Waals surface area contributed by atoms with Crippen LogP contribution in [0.1, 0.15) is 19.3 Å². The summed E-state index contributed by atoms with van der Waals surface area (Å²) >= 11 is 0. The summed E-state index contributed by atoms with van der Waals surface area (Å²) in [6.45, 7) is 3.76. The summed E-state index contributed by atoms with van der Waals surface area (Å²) in [5.41, 5.74) is -0.241. The zero-order chi connectivity index (χ0) is 11.4. The summed E-state index contributed by atoms with van der Waals surface area (Å²) in [6.07, 6.45) is 2.79. The van der Waals surface area contributed by atoms with E-state index in [1.165, 1.54) is 12.8 Å². The molecule has 5 heteroatoms. The SMILES string of the molecule is O=C(O)CC1(NCCOCC2CC2)CNC1. The van der Waals surface area contributed by atoms with Crippen LogP contribution in [0.5, 0.6) is 0 Å². The molecule has 16 heavy (non-hydrogen) atoms. The highest BCUT2D eigenvalue weighted by Crippen LogP contribution is 2.28. The van der Waals surface area contributed by atoms with Crippen molar-refractivity contribution in [3.05, 3.63) is 0 Å². The van der Waals surface area contributed by atoms with Crippen LogP contribution in [0.15, 0.2) is 0 Å². The average molecular weight is 228 g/mol. The molecule has 0 aromatic heterocycles. The second-order valence-electron chi connectivity index (χ2n) is 4.90. The van der Waals surface area contributed by atoms with Crippen molar-refractivity contribution >= 4 is 5.97 Å². The number of carboxylic acids is 1. The molecule has 1 saturated heterocycles. The maximum absolute atomic E-state index is 10.7. The van der Waals surface area contributed by atoms with Gasteiger partial charge in [0.25, 0.3) is 0 Å². The molecule has 92 valence electrons. The topological polar surface area (TPSA) is 70.6 Å². The third kappa shape index (κ3) is 3.43. The van der Waals surface area contributed by atoms with Gasteiger partial charge in [-0.15, -0.1) is 0 Å². The van der Waals surface area contributed by atoms with E-state index in [-0.39, 0.29) is 12.0 Å². The van der Waals surface area contributed by atoms with Gasteiger partial charge in [0, 0.05) is 26.2 Å². The largest absolute Gasteiger partial charge is 0.481 e. The van der Waals surface area contributed by atoms with Gasteiger partial charge >= 0.3 is 5.97 Å². The lowest BCUT2D eigenvalue weighted by Crippen LogP contribution is -2.68. The van der Waals surface area contributed by atoms with Gasteiger partial charge < -0.3 is 20.5 Å². The van der Waals surface area contributed by atoms with Crippen LogP contribution in [0.2, 0.25) is 0 Å². The van der Waals surface area contributed by atoms with E-state index in [0.29, 0.717) is 6.61 Å². The van der Waals surface area contributed by atoms with Gasteiger partial charge in [-0.3, -0.25) is 4.79 Å². The van der Waals surface area contributed by atoms with Gasteiger partial charge in [-0.1, -0.05) is 0 Å². The maximum Gasteiger partial charge on any atom is 0.305 e. The molecule has 1 heterocycles. The molecule has 0 aromatic carbocycles. The molecule has 3 N–H and O–H groups in total. The van der Waals surface area contributed by atoms with Gasteiger partial charge in [0.2, 0.25) is 0 Å². The van der Waals surface area contributed by atoms with E-state index in [0.717, 1.165) is 32.2 Å². The minimum absolute atomic E-state index is 0.183. The molecule has 0 aromatic rings. The highest BCUT2D eigenvalue weighted by atomic mass is 16.5.